The second-order valence-electron chi connectivity index (χ2n) is 8.94. The summed E-state index contributed by atoms with van der Waals surface area (Å²) < 4.78 is 15.2. The van der Waals surface area contributed by atoms with Gasteiger partial charge in [-0.05, 0) is 51.0 Å². The Balaban J connectivity index is 1.59. The summed E-state index contributed by atoms with van der Waals surface area (Å²) in [5.41, 5.74) is 9.82. The van der Waals surface area contributed by atoms with Crippen molar-refractivity contribution in [3.8, 4) is 11.1 Å². The molecule has 35 heavy (non-hydrogen) atoms. The summed E-state index contributed by atoms with van der Waals surface area (Å²) in [5, 5.41) is 14.6. The smallest absolute Gasteiger partial charge is 0.251 e. The van der Waals surface area contributed by atoms with Crippen molar-refractivity contribution in [1.29, 1.82) is 0 Å². The fourth-order valence-electron chi connectivity index (χ4n) is 4.78. The topological polar surface area (TPSA) is 127 Å². The lowest BCUT2D eigenvalue weighted by atomic mass is 9.89. The first-order valence-electron chi connectivity index (χ1n) is 11.4. The number of rotatable bonds is 4. The molecule has 1 saturated heterocycles. The van der Waals surface area contributed by atoms with Crippen molar-refractivity contribution in [1.82, 2.24) is 24.5 Å². The molecule has 1 aliphatic heterocycles. The molecule has 5 rings (SSSR count). The molecule has 4 heterocycles. The number of piperidine rings is 1. The molecule has 0 bridgehead atoms. The molecule has 0 radical (unpaired) electrons. The standard InChI is InChI=1S/C25H25FN6O3/c1-13(33)21-22(15-5-7-31(8-6-15)25(35)14(2)34)30-24-19(12-29-32(24)23(21)27)17-9-16-10-18(26)3-4-20(16)28-11-17/h3-4,9-12,14-15,34H,5-8,27H2,1-2H3/t14-/m1/s1. The van der Waals surface area contributed by atoms with Crippen LogP contribution in [0.4, 0.5) is 10.2 Å². The number of fused-ring (bicyclic) bond motifs is 2. The first-order valence-corrected chi connectivity index (χ1v) is 11.4. The van der Waals surface area contributed by atoms with Crippen LogP contribution in [0.25, 0.3) is 27.7 Å². The lowest BCUT2D eigenvalue weighted by molar-refractivity contribution is -0.140. The highest BCUT2D eigenvalue weighted by Crippen LogP contribution is 2.35. The number of nitrogens with zero attached hydrogens (tertiary/aromatic N) is 5. The van der Waals surface area contributed by atoms with Gasteiger partial charge >= 0.3 is 0 Å². The van der Waals surface area contributed by atoms with E-state index in [9.17, 15) is 19.1 Å². The number of likely N-dealkylation sites (tertiary alicyclic amines) is 1. The van der Waals surface area contributed by atoms with E-state index in [-0.39, 0.29) is 29.2 Å². The van der Waals surface area contributed by atoms with Crippen LogP contribution in [0, 0.1) is 5.82 Å². The minimum atomic E-state index is -1.05. The van der Waals surface area contributed by atoms with Crippen molar-refractivity contribution in [3.05, 3.63) is 53.7 Å². The zero-order valence-corrected chi connectivity index (χ0v) is 19.4. The van der Waals surface area contributed by atoms with Crippen LogP contribution in [0.3, 0.4) is 0 Å². The van der Waals surface area contributed by atoms with Gasteiger partial charge in [0.25, 0.3) is 5.91 Å². The fraction of sp³-hybridized carbons (Fsp3) is 0.320. The maximum absolute atomic E-state index is 13.8. The third kappa shape index (κ3) is 3.99. The van der Waals surface area contributed by atoms with E-state index < -0.39 is 6.10 Å². The largest absolute Gasteiger partial charge is 0.384 e. The van der Waals surface area contributed by atoms with Crippen molar-refractivity contribution < 1.29 is 19.1 Å². The van der Waals surface area contributed by atoms with Crippen LogP contribution in [-0.4, -0.2) is 60.5 Å². The van der Waals surface area contributed by atoms with E-state index in [0.29, 0.717) is 64.9 Å². The van der Waals surface area contributed by atoms with Gasteiger partial charge in [0, 0.05) is 41.7 Å². The third-order valence-corrected chi connectivity index (χ3v) is 6.57. The van der Waals surface area contributed by atoms with Crippen LogP contribution in [0.5, 0.6) is 0 Å². The Hall–Kier alpha value is -3.92. The molecular formula is C25H25FN6O3. The van der Waals surface area contributed by atoms with Gasteiger partial charge in [0.2, 0.25) is 0 Å². The molecule has 1 atom stereocenters. The molecule has 1 aromatic carbocycles. The number of aliphatic hydroxyl groups excluding tert-OH is 1. The number of halogens is 1. The molecule has 0 saturated carbocycles. The minimum Gasteiger partial charge on any atom is -0.384 e. The van der Waals surface area contributed by atoms with Crippen LogP contribution >= 0.6 is 0 Å². The molecule has 3 aromatic heterocycles. The van der Waals surface area contributed by atoms with Crippen LogP contribution in [0.2, 0.25) is 0 Å². The van der Waals surface area contributed by atoms with Crippen LogP contribution in [0.15, 0.2) is 36.7 Å². The molecule has 4 aromatic rings. The first kappa shape index (κ1) is 22.9. The van der Waals surface area contributed by atoms with Gasteiger partial charge in [0.15, 0.2) is 11.4 Å². The molecule has 1 aliphatic rings. The summed E-state index contributed by atoms with van der Waals surface area (Å²) in [6.07, 6.45) is 3.40. The van der Waals surface area contributed by atoms with Crippen molar-refractivity contribution in [2.75, 3.05) is 18.8 Å². The van der Waals surface area contributed by atoms with E-state index in [1.54, 1.807) is 23.4 Å². The van der Waals surface area contributed by atoms with E-state index in [4.69, 9.17) is 10.7 Å². The Morgan fingerprint density at radius 2 is 1.94 bits per heavy atom. The van der Waals surface area contributed by atoms with E-state index in [1.165, 1.54) is 30.5 Å². The molecule has 0 aliphatic carbocycles. The molecule has 0 unspecified atom stereocenters. The van der Waals surface area contributed by atoms with Gasteiger partial charge in [0.1, 0.15) is 17.7 Å². The summed E-state index contributed by atoms with van der Waals surface area (Å²) in [6, 6.07) is 6.22. The molecule has 1 amide bonds. The molecule has 1 fully saturated rings. The second kappa shape index (κ2) is 8.70. The van der Waals surface area contributed by atoms with E-state index >= 15 is 0 Å². The number of nitrogen functional groups attached to an aromatic ring is 1. The average Bonchev–Trinajstić information content (AvgIpc) is 3.27. The molecule has 9 nitrogen and oxygen atoms in total. The van der Waals surface area contributed by atoms with Crippen molar-refractivity contribution in [3.63, 3.8) is 0 Å². The van der Waals surface area contributed by atoms with Crippen LogP contribution in [0.1, 0.15) is 48.7 Å². The number of Topliss-reactive ketones (excluding diaryl/α,β-unsaturated/α-hetero) is 1. The Morgan fingerprint density at radius 1 is 1.20 bits per heavy atom. The number of hydrogen-bond donors (Lipinski definition) is 2. The second-order valence-corrected chi connectivity index (χ2v) is 8.94. The number of aromatic nitrogens is 4. The number of amides is 1. The average molecular weight is 477 g/mol. The minimum absolute atomic E-state index is 0.0918. The number of nitrogens with two attached hydrogens (primary N) is 1. The number of anilines is 1. The van der Waals surface area contributed by atoms with Crippen LogP contribution in [-0.2, 0) is 4.79 Å². The van der Waals surface area contributed by atoms with Crippen LogP contribution < -0.4 is 5.73 Å². The zero-order chi connectivity index (χ0) is 24.9. The number of carbonyl (C=O) groups is 2. The molecule has 10 heteroatoms. The Morgan fingerprint density at radius 3 is 2.63 bits per heavy atom. The van der Waals surface area contributed by atoms with Gasteiger partial charge in [-0.25, -0.2) is 9.37 Å². The van der Waals surface area contributed by atoms with Gasteiger partial charge in [-0.1, -0.05) is 0 Å². The van der Waals surface area contributed by atoms with E-state index in [2.05, 4.69) is 10.1 Å². The van der Waals surface area contributed by atoms with Gasteiger partial charge in [-0.15, -0.1) is 0 Å². The third-order valence-electron chi connectivity index (χ3n) is 6.57. The van der Waals surface area contributed by atoms with Gasteiger partial charge < -0.3 is 15.7 Å². The quantitative estimate of drug-likeness (QED) is 0.434. The lowest BCUT2D eigenvalue weighted by Gasteiger charge is -2.33. The summed E-state index contributed by atoms with van der Waals surface area (Å²) in [7, 11) is 0. The predicted octanol–water partition coefficient (Wildman–Crippen LogP) is 2.96. The number of aliphatic hydroxyl groups is 1. The van der Waals surface area contributed by atoms with E-state index in [0.717, 1.165) is 0 Å². The zero-order valence-electron chi connectivity index (χ0n) is 19.4. The number of carbonyl (C=O) groups excluding carboxylic acids is 2. The maximum atomic E-state index is 13.8. The van der Waals surface area contributed by atoms with Crippen molar-refractivity contribution in [2.45, 2.75) is 38.7 Å². The molecule has 0 spiro atoms. The highest BCUT2D eigenvalue weighted by atomic mass is 19.1. The predicted molar refractivity (Wildman–Crippen MR) is 128 cm³/mol. The molecule has 180 valence electrons. The number of hydrogen-bond acceptors (Lipinski definition) is 7. The highest BCUT2D eigenvalue weighted by molar-refractivity contribution is 6.00. The summed E-state index contributed by atoms with van der Waals surface area (Å²) in [5.74, 6) is -0.768. The summed E-state index contributed by atoms with van der Waals surface area (Å²) in [4.78, 5) is 35.7. The van der Waals surface area contributed by atoms with E-state index in [1.807, 2.05) is 6.07 Å². The summed E-state index contributed by atoms with van der Waals surface area (Å²) in [6.45, 7) is 3.80. The fourth-order valence-corrected chi connectivity index (χ4v) is 4.78. The molecule has 3 N–H and O–H groups in total. The number of pyridine rings is 1. The first-order chi connectivity index (χ1) is 16.7. The van der Waals surface area contributed by atoms with Crippen molar-refractivity contribution in [2.24, 2.45) is 0 Å². The Kier molecular flexibility index (Phi) is 5.68. The lowest BCUT2D eigenvalue weighted by Crippen LogP contribution is -2.42. The highest BCUT2D eigenvalue weighted by Gasteiger charge is 2.31. The van der Waals surface area contributed by atoms with Gasteiger partial charge in [-0.2, -0.15) is 9.61 Å². The number of benzene rings is 1. The van der Waals surface area contributed by atoms with Gasteiger partial charge in [-0.3, -0.25) is 14.6 Å². The normalized spacial score (nSPS) is 15.6. The monoisotopic (exact) mass is 476 g/mol. The number of ketones is 1. The SMILES string of the molecule is CC(=O)c1c(C2CCN(C(=O)[C@@H](C)O)CC2)nc2c(-c3cnc4ccc(F)cc4c3)cnn2c1N. The maximum Gasteiger partial charge on any atom is 0.251 e. The Bertz CT molecular complexity index is 1470. The summed E-state index contributed by atoms with van der Waals surface area (Å²) >= 11 is 0. The van der Waals surface area contributed by atoms with Gasteiger partial charge in [0.05, 0.1) is 23.0 Å². The Labute approximate surface area is 200 Å². The molecular weight excluding hydrogens is 451 g/mol. The van der Waals surface area contributed by atoms with Crippen molar-refractivity contribution >= 4 is 34.1 Å².